The second-order valence-corrected chi connectivity index (χ2v) is 2.80. The van der Waals surface area contributed by atoms with Crippen LogP contribution in [-0.2, 0) is 14.4 Å². The van der Waals surface area contributed by atoms with E-state index in [0.717, 1.165) is 0 Å². The van der Waals surface area contributed by atoms with Gasteiger partial charge in [0.05, 0.1) is 6.42 Å². The molecule has 6 N–H and O–H groups in total. The second kappa shape index (κ2) is 6.74. The summed E-state index contributed by atoms with van der Waals surface area (Å²) in [6, 6.07) is -1.12. The van der Waals surface area contributed by atoms with Crippen LogP contribution in [-0.4, -0.2) is 40.7 Å². The van der Waals surface area contributed by atoms with Gasteiger partial charge in [0.25, 0.3) is 0 Å². The van der Waals surface area contributed by atoms with Gasteiger partial charge in [-0.3, -0.25) is 19.6 Å². The molecule has 8 heteroatoms. The normalized spacial score (nSPS) is 11.8. The summed E-state index contributed by atoms with van der Waals surface area (Å²) in [4.78, 5) is 31.6. The molecule has 15 heavy (non-hydrogen) atoms. The van der Waals surface area contributed by atoms with Crippen LogP contribution in [0, 0.1) is 0 Å². The lowest BCUT2D eigenvalue weighted by atomic mass is 10.2. The minimum atomic E-state index is -1.22. The van der Waals surface area contributed by atoms with Gasteiger partial charge in [-0.15, -0.1) is 0 Å². The molecular weight excluding hydrogens is 206 g/mol. The van der Waals surface area contributed by atoms with Gasteiger partial charge >= 0.3 is 5.97 Å². The third-order valence-electron chi connectivity index (χ3n) is 1.57. The Morgan fingerprint density at radius 2 is 1.93 bits per heavy atom. The van der Waals surface area contributed by atoms with Gasteiger partial charge in [0.2, 0.25) is 11.8 Å². The average Bonchev–Trinajstić information content (AvgIpc) is 2.15. The van der Waals surface area contributed by atoms with Crippen molar-refractivity contribution in [3.8, 4) is 0 Å². The third-order valence-corrected chi connectivity index (χ3v) is 1.57. The SMILES string of the molecule is NC(=O)CC(NCCC(=O)NO)C(=O)O. The molecule has 0 saturated heterocycles. The lowest BCUT2D eigenvalue weighted by Gasteiger charge is -2.11. The van der Waals surface area contributed by atoms with Crippen molar-refractivity contribution in [2.75, 3.05) is 6.54 Å². The molecule has 0 bridgehead atoms. The molecule has 1 unspecified atom stereocenters. The molecule has 2 amide bonds. The second-order valence-electron chi connectivity index (χ2n) is 2.80. The molecule has 0 aliphatic rings. The Morgan fingerprint density at radius 3 is 2.33 bits per heavy atom. The van der Waals surface area contributed by atoms with Crippen LogP contribution in [0.15, 0.2) is 0 Å². The van der Waals surface area contributed by atoms with Crippen molar-refractivity contribution in [2.24, 2.45) is 5.73 Å². The van der Waals surface area contributed by atoms with E-state index >= 15 is 0 Å². The number of hydrogen-bond donors (Lipinski definition) is 5. The molecule has 86 valence electrons. The highest BCUT2D eigenvalue weighted by Crippen LogP contribution is 1.91. The zero-order valence-electron chi connectivity index (χ0n) is 7.90. The fraction of sp³-hybridized carbons (Fsp3) is 0.571. The Bertz CT molecular complexity index is 255. The molecule has 0 spiro atoms. The Balaban J connectivity index is 3.91. The molecular formula is C7H13N3O5. The predicted octanol–water partition coefficient (Wildman–Crippen LogP) is -2.20. The lowest BCUT2D eigenvalue weighted by molar-refractivity contribution is -0.141. The van der Waals surface area contributed by atoms with Crippen molar-refractivity contribution in [3.05, 3.63) is 0 Å². The van der Waals surface area contributed by atoms with Crippen LogP contribution in [0.25, 0.3) is 0 Å². The first-order chi connectivity index (χ1) is 6.97. The largest absolute Gasteiger partial charge is 0.480 e. The molecule has 0 heterocycles. The molecule has 1 atom stereocenters. The third kappa shape index (κ3) is 6.41. The van der Waals surface area contributed by atoms with Gasteiger partial charge in [0, 0.05) is 13.0 Å². The van der Waals surface area contributed by atoms with Gasteiger partial charge in [0.1, 0.15) is 6.04 Å². The fourth-order valence-electron chi connectivity index (χ4n) is 0.864. The number of carbonyl (C=O) groups is 3. The van der Waals surface area contributed by atoms with Crippen molar-refractivity contribution in [2.45, 2.75) is 18.9 Å². The van der Waals surface area contributed by atoms with Crippen LogP contribution >= 0.6 is 0 Å². The molecule has 0 saturated carbocycles. The molecule has 0 fully saturated rings. The first kappa shape index (κ1) is 13.3. The van der Waals surface area contributed by atoms with Gasteiger partial charge in [-0.2, -0.15) is 0 Å². The van der Waals surface area contributed by atoms with E-state index < -0.39 is 23.8 Å². The highest BCUT2D eigenvalue weighted by atomic mass is 16.5. The number of carbonyl (C=O) groups excluding carboxylic acids is 2. The van der Waals surface area contributed by atoms with Crippen LogP contribution in [0.5, 0.6) is 0 Å². The Labute approximate surface area is 85.4 Å². The van der Waals surface area contributed by atoms with E-state index in [0.29, 0.717) is 0 Å². The Morgan fingerprint density at radius 1 is 1.33 bits per heavy atom. The van der Waals surface area contributed by atoms with E-state index in [4.69, 9.17) is 16.0 Å². The van der Waals surface area contributed by atoms with Crippen molar-refractivity contribution >= 4 is 17.8 Å². The lowest BCUT2D eigenvalue weighted by Crippen LogP contribution is -2.41. The minimum Gasteiger partial charge on any atom is -0.480 e. The van der Waals surface area contributed by atoms with E-state index in [1.54, 1.807) is 0 Å². The summed E-state index contributed by atoms with van der Waals surface area (Å²) < 4.78 is 0. The van der Waals surface area contributed by atoms with Crippen LogP contribution in [0.2, 0.25) is 0 Å². The number of rotatable bonds is 7. The van der Waals surface area contributed by atoms with Gasteiger partial charge in [-0.1, -0.05) is 0 Å². The van der Waals surface area contributed by atoms with E-state index in [-0.39, 0.29) is 19.4 Å². The summed E-state index contributed by atoms with van der Waals surface area (Å²) in [5.41, 5.74) is 6.22. The maximum Gasteiger partial charge on any atom is 0.321 e. The van der Waals surface area contributed by atoms with Crippen LogP contribution in [0.4, 0.5) is 0 Å². The molecule has 0 aliphatic heterocycles. The summed E-state index contributed by atoms with van der Waals surface area (Å²) in [5, 5.41) is 19.2. The molecule has 0 aromatic rings. The predicted molar refractivity (Wildman–Crippen MR) is 47.8 cm³/mol. The zero-order valence-corrected chi connectivity index (χ0v) is 7.90. The minimum absolute atomic E-state index is 0.0244. The fourth-order valence-corrected chi connectivity index (χ4v) is 0.864. The highest BCUT2D eigenvalue weighted by Gasteiger charge is 2.19. The number of carboxylic acids is 1. The first-order valence-electron chi connectivity index (χ1n) is 4.14. The van der Waals surface area contributed by atoms with E-state index in [1.165, 1.54) is 5.48 Å². The molecule has 0 aliphatic carbocycles. The van der Waals surface area contributed by atoms with Gasteiger partial charge in [-0.25, -0.2) is 5.48 Å². The maximum absolute atomic E-state index is 10.6. The van der Waals surface area contributed by atoms with Crippen molar-refractivity contribution in [1.82, 2.24) is 10.8 Å². The number of hydroxylamine groups is 1. The van der Waals surface area contributed by atoms with E-state index in [2.05, 4.69) is 5.32 Å². The Kier molecular flexibility index (Phi) is 5.99. The van der Waals surface area contributed by atoms with Crippen molar-refractivity contribution in [1.29, 1.82) is 0 Å². The number of carboxylic acid groups (broad SMARTS) is 1. The van der Waals surface area contributed by atoms with Gasteiger partial charge < -0.3 is 16.2 Å². The molecule has 0 rings (SSSR count). The topological polar surface area (TPSA) is 142 Å². The smallest absolute Gasteiger partial charge is 0.321 e. The first-order valence-corrected chi connectivity index (χ1v) is 4.14. The van der Waals surface area contributed by atoms with Crippen LogP contribution in [0.3, 0.4) is 0 Å². The number of aliphatic carboxylic acids is 1. The van der Waals surface area contributed by atoms with E-state index in [1.807, 2.05) is 0 Å². The number of primary amides is 1. The summed E-state index contributed by atoms with van der Waals surface area (Å²) in [5.74, 6) is -2.62. The van der Waals surface area contributed by atoms with Gasteiger partial charge in [-0.05, 0) is 0 Å². The molecule has 0 radical (unpaired) electrons. The van der Waals surface area contributed by atoms with Crippen LogP contribution < -0.4 is 16.5 Å². The van der Waals surface area contributed by atoms with Crippen LogP contribution in [0.1, 0.15) is 12.8 Å². The van der Waals surface area contributed by atoms with Crippen molar-refractivity contribution < 1.29 is 24.7 Å². The standard InChI is InChI=1S/C7H13N3O5/c8-5(11)3-4(7(13)14)9-2-1-6(12)10-15/h4,9,15H,1-3H2,(H2,8,11)(H,10,12)(H,13,14). The average molecular weight is 219 g/mol. The summed E-state index contributed by atoms with van der Waals surface area (Å²) in [6.45, 7) is 0.0244. The molecule has 8 nitrogen and oxygen atoms in total. The van der Waals surface area contributed by atoms with E-state index in [9.17, 15) is 14.4 Å². The summed E-state index contributed by atoms with van der Waals surface area (Å²) in [7, 11) is 0. The summed E-state index contributed by atoms with van der Waals surface area (Å²) in [6.07, 6.45) is -0.449. The zero-order chi connectivity index (χ0) is 11.8. The number of nitrogens with two attached hydrogens (primary N) is 1. The highest BCUT2D eigenvalue weighted by molar-refractivity contribution is 5.83. The summed E-state index contributed by atoms with van der Waals surface area (Å²) >= 11 is 0. The molecule has 0 aromatic carbocycles. The Hall–Kier alpha value is -1.67. The molecule has 0 aromatic heterocycles. The number of amides is 2. The quantitative estimate of drug-likeness (QED) is 0.243. The van der Waals surface area contributed by atoms with Gasteiger partial charge in [0.15, 0.2) is 0 Å². The monoisotopic (exact) mass is 219 g/mol. The maximum atomic E-state index is 10.6. The number of hydrogen-bond acceptors (Lipinski definition) is 5. The van der Waals surface area contributed by atoms with Crippen molar-refractivity contribution in [3.63, 3.8) is 0 Å². The number of nitrogens with one attached hydrogen (secondary N) is 2.